The van der Waals surface area contributed by atoms with Crippen molar-refractivity contribution in [2.24, 2.45) is 5.73 Å². The zero-order chi connectivity index (χ0) is 12.3. The Morgan fingerprint density at radius 3 is 3.00 bits per heavy atom. The van der Waals surface area contributed by atoms with Crippen molar-refractivity contribution in [3.63, 3.8) is 0 Å². The molecule has 0 aromatic carbocycles. The van der Waals surface area contributed by atoms with Crippen molar-refractivity contribution in [2.75, 3.05) is 0 Å². The number of aromatic nitrogens is 3. The highest BCUT2D eigenvalue weighted by molar-refractivity contribution is 7.09. The van der Waals surface area contributed by atoms with Crippen molar-refractivity contribution in [2.45, 2.75) is 20.0 Å². The van der Waals surface area contributed by atoms with Gasteiger partial charge < -0.3 is 15.6 Å². The summed E-state index contributed by atoms with van der Waals surface area (Å²) in [6, 6.07) is 0. The Balaban J connectivity index is 1.93. The molecular formula is C9H11N5O2S. The van der Waals surface area contributed by atoms with Crippen molar-refractivity contribution in [3.05, 3.63) is 27.8 Å². The molecule has 1 amide bonds. The lowest BCUT2D eigenvalue weighted by atomic mass is 10.4. The molecule has 0 radical (unpaired) electrons. The maximum absolute atomic E-state index is 11.7. The number of amides is 1. The van der Waals surface area contributed by atoms with E-state index in [0.29, 0.717) is 24.0 Å². The first-order valence-electron chi connectivity index (χ1n) is 4.91. The number of thiazole rings is 1. The first-order valence-corrected chi connectivity index (χ1v) is 5.79. The van der Waals surface area contributed by atoms with Crippen molar-refractivity contribution in [3.8, 4) is 0 Å². The number of hydrogen-bond donors (Lipinski definition) is 2. The Labute approximate surface area is 101 Å². The normalized spacial score (nSPS) is 10.5. The van der Waals surface area contributed by atoms with Crippen molar-refractivity contribution in [1.82, 2.24) is 20.4 Å². The summed E-state index contributed by atoms with van der Waals surface area (Å²) in [5, 5.41) is 8.64. The van der Waals surface area contributed by atoms with Gasteiger partial charge in [-0.15, -0.1) is 11.3 Å². The molecule has 7 nitrogen and oxygen atoms in total. The van der Waals surface area contributed by atoms with Crippen molar-refractivity contribution >= 4 is 17.2 Å². The fraction of sp³-hybridized carbons (Fsp3) is 0.333. The first kappa shape index (κ1) is 11.7. The van der Waals surface area contributed by atoms with E-state index in [0.717, 1.165) is 5.01 Å². The van der Waals surface area contributed by atoms with Crippen LogP contribution in [0.1, 0.15) is 27.2 Å². The van der Waals surface area contributed by atoms with Gasteiger partial charge in [0.1, 0.15) is 10.7 Å². The largest absolute Gasteiger partial charge is 0.342 e. The van der Waals surface area contributed by atoms with Gasteiger partial charge in [0.25, 0.3) is 5.91 Å². The predicted molar refractivity (Wildman–Crippen MR) is 60.2 cm³/mol. The Morgan fingerprint density at radius 1 is 1.59 bits per heavy atom. The number of nitrogens with zero attached hydrogens (tertiary/aromatic N) is 3. The monoisotopic (exact) mass is 253 g/mol. The van der Waals surface area contributed by atoms with Gasteiger partial charge in [-0.05, 0) is 6.92 Å². The van der Waals surface area contributed by atoms with Gasteiger partial charge in [-0.2, -0.15) is 4.98 Å². The van der Waals surface area contributed by atoms with E-state index in [2.05, 4.69) is 20.4 Å². The van der Waals surface area contributed by atoms with E-state index in [9.17, 15) is 4.79 Å². The molecule has 8 heteroatoms. The van der Waals surface area contributed by atoms with Crippen LogP contribution in [0.4, 0.5) is 0 Å². The summed E-state index contributed by atoms with van der Waals surface area (Å²) in [6.07, 6.45) is 0. The van der Waals surface area contributed by atoms with E-state index in [1.165, 1.54) is 11.3 Å². The van der Waals surface area contributed by atoms with Gasteiger partial charge in [-0.1, -0.05) is 5.16 Å². The molecule has 0 aliphatic rings. The van der Waals surface area contributed by atoms with Gasteiger partial charge in [-0.25, -0.2) is 4.98 Å². The lowest BCUT2D eigenvalue weighted by Crippen LogP contribution is -2.23. The van der Waals surface area contributed by atoms with Gasteiger partial charge in [0.05, 0.1) is 6.54 Å². The van der Waals surface area contributed by atoms with Crippen LogP contribution in [0.5, 0.6) is 0 Å². The van der Waals surface area contributed by atoms with E-state index in [1.807, 2.05) is 0 Å². The number of rotatable bonds is 4. The zero-order valence-corrected chi connectivity index (χ0v) is 9.95. The summed E-state index contributed by atoms with van der Waals surface area (Å²) >= 11 is 1.36. The van der Waals surface area contributed by atoms with E-state index in [-0.39, 0.29) is 12.5 Å². The topological polar surface area (TPSA) is 107 Å². The minimum atomic E-state index is -0.281. The highest BCUT2D eigenvalue weighted by atomic mass is 32.1. The van der Waals surface area contributed by atoms with Gasteiger partial charge in [-0.3, -0.25) is 4.79 Å². The summed E-state index contributed by atoms with van der Waals surface area (Å²) in [4.78, 5) is 19.7. The second-order valence-corrected chi connectivity index (χ2v) is 4.19. The summed E-state index contributed by atoms with van der Waals surface area (Å²) in [6.45, 7) is 2.23. The third kappa shape index (κ3) is 2.86. The Bertz CT molecular complexity index is 521. The van der Waals surface area contributed by atoms with E-state index >= 15 is 0 Å². The molecule has 3 N–H and O–H groups in total. The average Bonchev–Trinajstić information content (AvgIpc) is 2.94. The van der Waals surface area contributed by atoms with Crippen LogP contribution in [0.2, 0.25) is 0 Å². The van der Waals surface area contributed by atoms with Crippen LogP contribution in [-0.2, 0) is 13.1 Å². The number of hydrogen-bond acceptors (Lipinski definition) is 7. The average molecular weight is 253 g/mol. The van der Waals surface area contributed by atoms with Crippen LogP contribution in [0.15, 0.2) is 9.90 Å². The molecule has 90 valence electrons. The fourth-order valence-electron chi connectivity index (χ4n) is 1.17. The van der Waals surface area contributed by atoms with Crippen molar-refractivity contribution < 1.29 is 9.32 Å². The second-order valence-electron chi connectivity index (χ2n) is 3.25. The Kier molecular flexibility index (Phi) is 3.45. The van der Waals surface area contributed by atoms with Crippen LogP contribution in [-0.4, -0.2) is 21.0 Å². The minimum absolute atomic E-state index is 0.190. The minimum Gasteiger partial charge on any atom is -0.342 e. The molecule has 0 unspecified atom stereocenters. The van der Waals surface area contributed by atoms with Crippen LogP contribution < -0.4 is 11.1 Å². The molecule has 2 heterocycles. The molecule has 0 spiro atoms. The molecule has 2 aromatic heterocycles. The van der Waals surface area contributed by atoms with Gasteiger partial charge in [0.2, 0.25) is 5.89 Å². The predicted octanol–water partition coefficient (Wildman–Crippen LogP) is 0.223. The highest BCUT2D eigenvalue weighted by Gasteiger charge is 2.11. The number of nitrogens with one attached hydrogen (secondary N) is 1. The smallest absolute Gasteiger partial charge is 0.271 e. The van der Waals surface area contributed by atoms with Crippen LogP contribution in [0.3, 0.4) is 0 Å². The number of aryl methyl sites for hydroxylation is 1. The molecular weight excluding hydrogens is 242 g/mol. The standard InChI is InChI=1S/C9H11N5O2S/c1-5-12-7(16-14-5)3-11-9(15)6-4-17-8(2-10)13-6/h4H,2-3,10H2,1H3,(H,11,15). The fourth-order valence-corrected chi connectivity index (χ4v) is 1.82. The lowest BCUT2D eigenvalue weighted by Gasteiger charge is -1.97. The summed E-state index contributed by atoms with van der Waals surface area (Å²) in [5.74, 6) is 0.621. The van der Waals surface area contributed by atoms with Gasteiger partial charge in [0, 0.05) is 11.9 Å². The number of carbonyl (C=O) groups is 1. The van der Waals surface area contributed by atoms with Gasteiger partial charge in [0.15, 0.2) is 5.82 Å². The Hall–Kier alpha value is -1.80. The maximum atomic E-state index is 11.7. The molecule has 0 aliphatic heterocycles. The third-order valence-electron chi connectivity index (χ3n) is 1.93. The summed E-state index contributed by atoms with van der Waals surface area (Å²) in [5.41, 5.74) is 5.77. The molecule has 0 saturated heterocycles. The molecule has 0 saturated carbocycles. The Morgan fingerprint density at radius 2 is 2.41 bits per heavy atom. The lowest BCUT2D eigenvalue weighted by molar-refractivity contribution is 0.0942. The van der Waals surface area contributed by atoms with Gasteiger partial charge >= 0.3 is 0 Å². The van der Waals surface area contributed by atoms with Crippen molar-refractivity contribution in [1.29, 1.82) is 0 Å². The van der Waals surface area contributed by atoms with E-state index < -0.39 is 0 Å². The number of carbonyl (C=O) groups excluding carboxylic acids is 1. The van der Waals surface area contributed by atoms with Crippen LogP contribution >= 0.6 is 11.3 Å². The highest BCUT2D eigenvalue weighted by Crippen LogP contribution is 2.08. The van der Waals surface area contributed by atoms with Crippen LogP contribution in [0, 0.1) is 6.92 Å². The molecule has 0 aliphatic carbocycles. The van der Waals surface area contributed by atoms with Crippen LogP contribution in [0.25, 0.3) is 0 Å². The molecule has 2 aromatic rings. The quantitative estimate of drug-likeness (QED) is 0.807. The summed E-state index contributed by atoms with van der Waals surface area (Å²) < 4.78 is 4.86. The maximum Gasteiger partial charge on any atom is 0.271 e. The number of nitrogens with two attached hydrogens (primary N) is 1. The second kappa shape index (κ2) is 5.02. The molecule has 0 atom stereocenters. The molecule has 0 fully saturated rings. The molecule has 2 rings (SSSR count). The summed E-state index contributed by atoms with van der Waals surface area (Å²) in [7, 11) is 0. The van der Waals surface area contributed by atoms with E-state index in [4.69, 9.17) is 10.3 Å². The zero-order valence-electron chi connectivity index (χ0n) is 9.14. The third-order valence-corrected chi connectivity index (χ3v) is 2.80. The molecule has 0 bridgehead atoms. The molecule has 17 heavy (non-hydrogen) atoms. The first-order chi connectivity index (χ1) is 8.19. The SMILES string of the molecule is Cc1noc(CNC(=O)c2csc(CN)n2)n1. The van der Waals surface area contributed by atoms with E-state index in [1.54, 1.807) is 12.3 Å².